The largest absolute Gasteiger partial charge is 0.446 e. The van der Waals surface area contributed by atoms with E-state index in [0.29, 0.717) is 24.2 Å². The van der Waals surface area contributed by atoms with Crippen molar-refractivity contribution < 1.29 is 38.8 Å². The van der Waals surface area contributed by atoms with Gasteiger partial charge in [-0.05, 0) is 87.1 Å². The molecule has 2 aliphatic rings. The number of carbonyl (C=O) groups excluding carboxylic acids is 3. The minimum Gasteiger partial charge on any atom is -0.446 e. The standard InChI is InChI=1S/C29H37N3O8/c1-15-8-16(2)11-20(10-15)30-28(36)38-14-22-24(33)25(23(27(35)39-22)32-26(34)19-6-5-7-19)40-29(37)31-21-12-17(3)9-18(4)13-21/h8-13,19,22-25,27,33,35H,5-7,14H2,1-4H3,(H,30,36)(H,31,37)(H,32,34)/t22-,23-,24-,25-,27-/m1/s1. The number of aliphatic hydroxyl groups is 2. The lowest BCUT2D eigenvalue weighted by Crippen LogP contribution is -2.66. The normalized spacial score (nSPS) is 24.4. The second-order valence-corrected chi connectivity index (χ2v) is 10.7. The highest BCUT2D eigenvalue weighted by Gasteiger charge is 2.49. The van der Waals surface area contributed by atoms with Crippen molar-refractivity contribution in [2.24, 2.45) is 5.92 Å². The maximum atomic E-state index is 12.8. The van der Waals surface area contributed by atoms with Crippen molar-refractivity contribution in [3.05, 3.63) is 58.7 Å². The van der Waals surface area contributed by atoms with Gasteiger partial charge >= 0.3 is 12.2 Å². The minimum atomic E-state index is -1.64. The molecule has 1 aliphatic carbocycles. The zero-order valence-corrected chi connectivity index (χ0v) is 23.1. The van der Waals surface area contributed by atoms with Crippen LogP contribution in [0.3, 0.4) is 0 Å². The van der Waals surface area contributed by atoms with Crippen LogP contribution in [0.2, 0.25) is 0 Å². The van der Waals surface area contributed by atoms with E-state index in [1.165, 1.54) is 0 Å². The SMILES string of the molecule is Cc1cc(C)cc(NC(=O)OC[C@H]2O[C@@H](O)[C@H](NC(=O)C3CCC3)[C@@H](OC(=O)Nc3cc(C)cc(C)c3)[C@@H]2O)c1. The summed E-state index contributed by atoms with van der Waals surface area (Å²) in [5.74, 6) is -0.541. The summed E-state index contributed by atoms with van der Waals surface area (Å²) in [6, 6.07) is 9.72. The third kappa shape index (κ3) is 7.50. The van der Waals surface area contributed by atoms with Crippen molar-refractivity contribution >= 4 is 29.5 Å². The molecular formula is C29H37N3O8. The van der Waals surface area contributed by atoms with Crippen LogP contribution in [-0.2, 0) is 19.0 Å². The average Bonchev–Trinajstić information content (AvgIpc) is 2.80. The quantitative estimate of drug-likeness (QED) is 0.348. The highest BCUT2D eigenvalue weighted by Crippen LogP contribution is 2.29. The van der Waals surface area contributed by atoms with Crippen molar-refractivity contribution in [2.45, 2.75) is 77.6 Å². The summed E-state index contributed by atoms with van der Waals surface area (Å²) in [7, 11) is 0. The predicted octanol–water partition coefficient (Wildman–Crippen LogP) is 3.45. The molecule has 11 nitrogen and oxygen atoms in total. The van der Waals surface area contributed by atoms with Gasteiger partial charge in [0.2, 0.25) is 5.91 Å². The zero-order valence-electron chi connectivity index (χ0n) is 23.1. The van der Waals surface area contributed by atoms with E-state index < -0.39 is 49.4 Å². The Balaban J connectivity index is 1.44. The van der Waals surface area contributed by atoms with Crippen molar-refractivity contribution in [3.8, 4) is 0 Å². The maximum Gasteiger partial charge on any atom is 0.412 e. The Hall–Kier alpha value is -3.67. The summed E-state index contributed by atoms with van der Waals surface area (Å²) in [6.45, 7) is 7.11. The summed E-state index contributed by atoms with van der Waals surface area (Å²) >= 11 is 0. The molecule has 0 unspecified atom stereocenters. The molecule has 216 valence electrons. The highest BCUT2D eigenvalue weighted by molar-refractivity contribution is 5.86. The molecule has 5 N–H and O–H groups in total. The molecule has 40 heavy (non-hydrogen) atoms. The fourth-order valence-corrected chi connectivity index (χ4v) is 4.99. The Kier molecular flexibility index (Phi) is 9.28. The molecule has 0 bridgehead atoms. The molecule has 2 aromatic carbocycles. The molecule has 1 saturated carbocycles. The number of benzene rings is 2. The topological polar surface area (TPSA) is 155 Å². The summed E-state index contributed by atoms with van der Waals surface area (Å²) < 4.78 is 16.3. The van der Waals surface area contributed by atoms with Crippen LogP contribution in [0, 0.1) is 33.6 Å². The van der Waals surface area contributed by atoms with E-state index in [4.69, 9.17) is 14.2 Å². The molecule has 5 atom stereocenters. The molecule has 1 saturated heterocycles. The predicted molar refractivity (Wildman–Crippen MR) is 147 cm³/mol. The van der Waals surface area contributed by atoms with Gasteiger partial charge < -0.3 is 29.7 Å². The van der Waals surface area contributed by atoms with E-state index in [1.807, 2.05) is 39.8 Å². The fourth-order valence-electron chi connectivity index (χ4n) is 4.99. The van der Waals surface area contributed by atoms with Gasteiger partial charge in [-0.15, -0.1) is 0 Å². The summed E-state index contributed by atoms with van der Waals surface area (Å²) in [5.41, 5.74) is 4.80. The van der Waals surface area contributed by atoms with Crippen molar-refractivity contribution in [2.75, 3.05) is 17.2 Å². The molecule has 0 radical (unpaired) electrons. The molecule has 3 amide bonds. The van der Waals surface area contributed by atoms with Gasteiger partial charge in [-0.1, -0.05) is 18.6 Å². The number of hydrogen-bond donors (Lipinski definition) is 5. The Morgan fingerprint density at radius 3 is 1.88 bits per heavy atom. The minimum absolute atomic E-state index is 0.218. The number of aliphatic hydroxyl groups excluding tert-OH is 2. The number of anilines is 2. The molecule has 4 rings (SSSR count). The molecular weight excluding hydrogens is 518 g/mol. The number of nitrogens with one attached hydrogen (secondary N) is 3. The van der Waals surface area contributed by atoms with Gasteiger partial charge in [-0.2, -0.15) is 0 Å². The maximum absolute atomic E-state index is 12.8. The van der Waals surface area contributed by atoms with Crippen LogP contribution in [-0.4, -0.2) is 65.6 Å². The number of carbonyl (C=O) groups is 3. The molecule has 1 heterocycles. The van der Waals surface area contributed by atoms with Gasteiger partial charge in [0, 0.05) is 17.3 Å². The van der Waals surface area contributed by atoms with E-state index in [2.05, 4.69) is 16.0 Å². The first kappa shape index (κ1) is 29.3. The first-order valence-corrected chi connectivity index (χ1v) is 13.4. The van der Waals surface area contributed by atoms with Crippen LogP contribution in [0.4, 0.5) is 21.0 Å². The van der Waals surface area contributed by atoms with Crippen LogP contribution < -0.4 is 16.0 Å². The van der Waals surface area contributed by atoms with Gasteiger partial charge in [0.1, 0.15) is 24.9 Å². The lowest BCUT2D eigenvalue weighted by molar-refractivity contribution is -0.252. The number of hydrogen-bond acceptors (Lipinski definition) is 8. The summed E-state index contributed by atoms with van der Waals surface area (Å²) in [4.78, 5) is 37.9. The second-order valence-electron chi connectivity index (χ2n) is 10.7. The van der Waals surface area contributed by atoms with E-state index >= 15 is 0 Å². The van der Waals surface area contributed by atoms with Gasteiger partial charge in [-0.3, -0.25) is 15.4 Å². The third-order valence-electron chi connectivity index (χ3n) is 7.04. The van der Waals surface area contributed by atoms with E-state index in [9.17, 15) is 24.6 Å². The molecule has 11 heteroatoms. The van der Waals surface area contributed by atoms with Gasteiger partial charge in [0.05, 0.1) is 0 Å². The van der Waals surface area contributed by atoms with E-state index in [0.717, 1.165) is 28.7 Å². The Morgan fingerprint density at radius 2 is 1.38 bits per heavy atom. The smallest absolute Gasteiger partial charge is 0.412 e. The van der Waals surface area contributed by atoms with Crippen LogP contribution in [0.25, 0.3) is 0 Å². The lowest BCUT2D eigenvalue weighted by Gasteiger charge is -2.43. The molecule has 0 spiro atoms. The van der Waals surface area contributed by atoms with Gasteiger partial charge in [-0.25, -0.2) is 9.59 Å². The van der Waals surface area contributed by atoms with E-state index in [1.54, 1.807) is 24.3 Å². The highest BCUT2D eigenvalue weighted by atomic mass is 16.7. The van der Waals surface area contributed by atoms with Crippen molar-refractivity contribution in [3.63, 3.8) is 0 Å². The first-order chi connectivity index (χ1) is 19.0. The second kappa shape index (κ2) is 12.7. The average molecular weight is 556 g/mol. The number of rotatable bonds is 7. The van der Waals surface area contributed by atoms with Gasteiger partial charge in [0.25, 0.3) is 0 Å². The van der Waals surface area contributed by atoms with Crippen molar-refractivity contribution in [1.82, 2.24) is 5.32 Å². The van der Waals surface area contributed by atoms with Crippen molar-refractivity contribution in [1.29, 1.82) is 0 Å². The monoisotopic (exact) mass is 555 g/mol. The van der Waals surface area contributed by atoms with Crippen LogP contribution >= 0.6 is 0 Å². The van der Waals surface area contributed by atoms with E-state index in [-0.39, 0.29) is 11.8 Å². The van der Waals surface area contributed by atoms with Crippen LogP contribution in [0.15, 0.2) is 36.4 Å². The molecule has 2 aromatic rings. The summed E-state index contributed by atoms with van der Waals surface area (Å²) in [6.07, 6.45) is -5.14. The molecule has 0 aromatic heterocycles. The first-order valence-electron chi connectivity index (χ1n) is 13.4. The molecule has 2 fully saturated rings. The fraction of sp³-hybridized carbons (Fsp3) is 0.483. The lowest BCUT2D eigenvalue weighted by atomic mass is 9.84. The Morgan fingerprint density at radius 1 is 0.850 bits per heavy atom. The van der Waals surface area contributed by atoms with Gasteiger partial charge in [0.15, 0.2) is 12.4 Å². The number of amides is 3. The summed E-state index contributed by atoms with van der Waals surface area (Å²) in [5, 5.41) is 29.8. The van der Waals surface area contributed by atoms with Crippen LogP contribution in [0.5, 0.6) is 0 Å². The number of ether oxygens (including phenoxy) is 3. The van der Waals surface area contributed by atoms with Crippen LogP contribution in [0.1, 0.15) is 41.5 Å². The zero-order chi connectivity index (χ0) is 29.0. The Labute approximate surface area is 233 Å². The third-order valence-corrected chi connectivity index (χ3v) is 7.04. The Bertz CT molecular complexity index is 1210. The molecule has 1 aliphatic heterocycles. The number of aryl methyl sites for hydroxylation is 4.